The third-order valence-corrected chi connectivity index (χ3v) is 4.88. The van der Waals surface area contributed by atoms with Gasteiger partial charge in [-0.05, 0) is 41.0 Å². The van der Waals surface area contributed by atoms with E-state index in [4.69, 9.17) is 21.1 Å². The smallest absolute Gasteiger partial charge is 0.413 e. The molecule has 0 unspecified atom stereocenters. The maximum atomic E-state index is 12.0. The summed E-state index contributed by atoms with van der Waals surface area (Å²) >= 11 is 6.35. The Morgan fingerprint density at radius 2 is 2.00 bits per heavy atom. The van der Waals surface area contributed by atoms with Gasteiger partial charge in [-0.2, -0.15) is 0 Å². The second-order valence-electron chi connectivity index (χ2n) is 6.34. The van der Waals surface area contributed by atoms with Crippen molar-refractivity contribution < 1.29 is 19.1 Å². The quantitative estimate of drug-likeness (QED) is 0.723. The Balaban J connectivity index is 1.80. The highest BCUT2D eigenvalue weighted by Crippen LogP contribution is 2.36. The van der Waals surface area contributed by atoms with Crippen molar-refractivity contribution in [3.8, 4) is 11.1 Å². The van der Waals surface area contributed by atoms with Crippen LogP contribution in [0.4, 0.5) is 10.7 Å². The lowest BCUT2D eigenvalue weighted by Gasteiger charge is -2.07. The molecule has 7 heteroatoms. The van der Waals surface area contributed by atoms with Gasteiger partial charge in [-0.15, -0.1) is 0 Å². The van der Waals surface area contributed by atoms with E-state index in [1.165, 1.54) is 7.05 Å². The summed E-state index contributed by atoms with van der Waals surface area (Å²) in [5.74, 6) is 0.226. The van der Waals surface area contributed by atoms with Gasteiger partial charge in [-0.1, -0.05) is 17.7 Å². The van der Waals surface area contributed by atoms with Crippen molar-refractivity contribution in [2.24, 2.45) is 0 Å². The highest BCUT2D eigenvalue weighted by molar-refractivity contribution is 6.35. The molecular formula is C19H15ClN2O4. The Morgan fingerprint density at radius 3 is 2.73 bits per heavy atom. The van der Waals surface area contributed by atoms with E-state index in [1.807, 2.05) is 24.3 Å². The van der Waals surface area contributed by atoms with Gasteiger partial charge in [0.1, 0.15) is 0 Å². The fourth-order valence-electron chi connectivity index (χ4n) is 3.17. The van der Waals surface area contributed by atoms with Crippen LogP contribution in [0.15, 0.2) is 40.8 Å². The first-order valence-electron chi connectivity index (χ1n) is 7.93. The van der Waals surface area contributed by atoms with Crippen LogP contribution in [-0.4, -0.2) is 36.1 Å². The standard InChI is InChI=1S/C19H15ClN2O4/c1-21-9-13-5-10(3-4-14(13)18(21)23)11-6-12-8-16(22(2)19(24)25)26-17(12)15(20)7-11/h3-8H,9H2,1-2H3,(H,24,25). The maximum absolute atomic E-state index is 12.0. The molecule has 1 N–H and O–H groups in total. The number of nitrogens with zero attached hydrogens (tertiary/aromatic N) is 2. The average Bonchev–Trinajstić information content (AvgIpc) is 3.15. The lowest BCUT2D eigenvalue weighted by molar-refractivity contribution is 0.0816. The summed E-state index contributed by atoms with van der Waals surface area (Å²) in [6, 6.07) is 11.0. The van der Waals surface area contributed by atoms with Crippen molar-refractivity contribution in [3.63, 3.8) is 0 Å². The van der Waals surface area contributed by atoms with Crippen molar-refractivity contribution in [1.29, 1.82) is 0 Å². The number of hydrogen-bond donors (Lipinski definition) is 1. The molecule has 0 bridgehead atoms. The van der Waals surface area contributed by atoms with Gasteiger partial charge in [0.15, 0.2) is 5.58 Å². The molecule has 6 nitrogen and oxygen atoms in total. The molecule has 4 rings (SSSR count). The Labute approximate surface area is 154 Å². The summed E-state index contributed by atoms with van der Waals surface area (Å²) in [4.78, 5) is 25.8. The van der Waals surface area contributed by atoms with Gasteiger partial charge in [0, 0.05) is 37.7 Å². The minimum atomic E-state index is -1.12. The van der Waals surface area contributed by atoms with Crippen LogP contribution in [0.2, 0.25) is 5.02 Å². The Bertz CT molecular complexity index is 1070. The predicted octanol–water partition coefficient (Wildman–Crippen LogP) is 4.45. The molecule has 0 saturated carbocycles. The second kappa shape index (κ2) is 5.78. The number of halogens is 1. The molecule has 1 aromatic heterocycles. The molecule has 0 aliphatic carbocycles. The molecule has 0 fully saturated rings. The molecule has 26 heavy (non-hydrogen) atoms. The first kappa shape index (κ1) is 16.5. The second-order valence-corrected chi connectivity index (χ2v) is 6.74. The number of carboxylic acid groups (broad SMARTS) is 1. The van der Waals surface area contributed by atoms with E-state index in [1.54, 1.807) is 24.1 Å². The van der Waals surface area contributed by atoms with E-state index >= 15 is 0 Å². The minimum Gasteiger partial charge on any atom is -0.465 e. The van der Waals surface area contributed by atoms with Crippen LogP contribution in [-0.2, 0) is 6.54 Å². The number of benzene rings is 2. The summed E-state index contributed by atoms with van der Waals surface area (Å²) in [5, 5.41) is 10.2. The number of anilines is 1. The summed E-state index contributed by atoms with van der Waals surface area (Å²) in [6.07, 6.45) is -1.12. The number of fused-ring (bicyclic) bond motifs is 2. The Kier molecular flexibility index (Phi) is 3.66. The van der Waals surface area contributed by atoms with Gasteiger partial charge in [0.25, 0.3) is 5.91 Å². The van der Waals surface area contributed by atoms with Crippen molar-refractivity contribution in [3.05, 3.63) is 52.5 Å². The zero-order valence-corrected chi connectivity index (χ0v) is 14.9. The van der Waals surface area contributed by atoms with Crippen molar-refractivity contribution in [2.75, 3.05) is 19.0 Å². The first-order chi connectivity index (χ1) is 12.3. The molecule has 1 aliphatic heterocycles. The third kappa shape index (κ3) is 2.50. The molecular weight excluding hydrogens is 356 g/mol. The third-order valence-electron chi connectivity index (χ3n) is 4.60. The summed E-state index contributed by atoms with van der Waals surface area (Å²) in [5.41, 5.74) is 3.94. The number of furan rings is 1. The molecule has 3 aromatic rings. The number of hydrogen-bond acceptors (Lipinski definition) is 3. The maximum Gasteiger partial charge on any atom is 0.413 e. The van der Waals surface area contributed by atoms with Crippen LogP contribution in [0.5, 0.6) is 0 Å². The average molecular weight is 371 g/mol. The van der Waals surface area contributed by atoms with E-state index in [-0.39, 0.29) is 11.8 Å². The molecule has 2 amide bonds. The summed E-state index contributed by atoms with van der Waals surface area (Å²) < 4.78 is 5.58. The zero-order valence-electron chi connectivity index (χ0n) is 14.1. The van der Waals surface area contributed by atoms with Gasteiger partial charge < -0.3 is 14.4 Å². The van der Waals surface area contributed by atoms with Gasteiger partial charge in [-0.3, -0.25) is 9.69 Å². The fraction of sp³-hybridized carbons (Fsp3) is 0.158. The molecule has 0 atom stereocenters. The van der Waals surface area contributed by atoms with Crippen molar-refractivity contribution in [2.45, 2.75) is 6.54 Å². The summed E-state index contributed by atoms with van der Waals surface area (Å²) in [7, 11) is 3.18. The lowest BCUT2D eigenvalue weighted by atomic mass is 9.99. The minimum absolute atomic E-state index is 0.0243. The number of rotatable bonds is 2. The predicted molar refractivity (Wildman–Crippen MR) is 98.9 cm³/mol. The summed E-state index contributed by atoms with van der Waals surface area (Å²) in [6.45, 7) is 0.581. The Hall–Kier alpha value is -2.99. The van der Waals surface area contributed by atoms with Crippen LogP contribution >= 0.6 is 11.6 Å². The monoisotopic (exact) mass is 370 g/mol. The van der Waals surface area contributed by atoms with Crippen LogP contribution in [0, 0.1) is 0 Å². The molecule has 2 heterocycles. The molecule has 0 radical (unpaired) electrons. The number of amides is 2. The fourth-order valence-corrected chi connectivity index (χ4v) is 3.43. The zero-order chi connectivity index (χ0) is 18.6. The Morgan fingerprint density at radius 1 is 1.23 bits per heavy atom. The van der Waals surface area contributed by atoms with Crippen LogP contribution in [0.25, 0.3) is 22.1 Å². The SMILES string of the molecule is CN1Cc2cc(-c3cc(Cl)c4oc(N(C)C(=O)O)cc4c3)ccc2C1=O. The molecule has 1 aliphatic rings. The molecule has 0 spiro atoms. The topological polar surface area (TPSA) is 74.0 Å². The van der Waals surface area contributed by atoms with Crippen molar-refractivity contribution in [1.82, 2.24) is 4.90 Å². The van der Waals surface area contributed by atoms with E-state index in [9.17, 15) is 9.59 Å². The van der Waals surface area contributed by atoms with Crippen LogP contribution in [0.3, 0.4) is 0 Å². The van der Waals surface area contributed by atoms with Gasteiger partial charge in [0.2, 0.25) is 5.88 Å². The number of carbonyl (C=O) groups excluding carboxylic acids is 1. The van der Waals surface area contributed by atoms with Gasteiger partial charge in [0.05, 0.1) is 5.02 Å². The van der Waals surface area contributed by atoms with Crippen molar-refractivity contribution >= 4 is 40.5 Å². The normalized spacial score (nSPS) is 13.3. The lowest BCUT2D eigenvalue weighted by Crippen LogP contribution is -2.22. The van der Waals surface area contributed by atoms with E-state index in [2.05, 4.69) is 0 Å². The molecule has 0 saturated heterocycles. The van der Waals surface area contributed by atoms with E-state index < -0.39 is 6.09 Å². The van der Waals surface area contributed by atoms with E-state index in [0.717, 1.165) is 27.2 Å². The highest BCUT2D eigenvalue weighted by Gasteiger charge is 2.24. The largest absolute Gasteiger partial charge is 0.465 e. The van der Waals surface area contributed by atoms with Gasteiger partial charge >= 0.3 is 6.09 Å². The van der Waals surface area contributed by atoms with Gasteiger partial charge in [-0.25, -0.2) is 4.79 Å². The van der Waals surface area contributed by atoms with Crippen LogP contribution in [0.1, 0.15) is 15.9 Å². The first-order valence-corrected chi connectivity index (χ1v) is 8.31. The van der Waals surface area contributed by atoms with Crippen LogP contribution < -0.4 is 4.90 Å². The molecule has 2 aromatic carbocycles. The van der Waals surface area contributed by atoms with E-state index in [0.29, 0.717) is 22.5 Å². The highest BCUT2D eigenvalue weighted by atomic mass is 35.5. The number of carbonyl (C=O) groups is 2. The molecule has 132 valence electrons.